The number of ether oxygens (including phenoxy) is 5. The monoisotopic (exact) mass is 584 g/mol. The van der Waals surface area contributed by atoms with Crippen molar-refractivity contribution in [2.75, 3.05) is 7.11 Å². The first-order valence-corrected chi connectivity index (χ1v) is 14.2. The zero-order valence-corrected chi connectivity index (χ0v) is 24.0. The summed E-state index contributed by atoms with van der Waals surface area (Å²) in [6, 6.07) is 34.5. The van der Waals surface area contributed by atoms with Gasteiger partial charge in [-0.3, -0.25) is 0 Å². The Balaban J connectivity index is 1.47. The summed E-state index contributed by atoms with van der Waals surface area (Å²) in [4.78, 5) is 26.7. The molecule has 4 aromatic carbocycles. The van der Waals surface area contributed by atoms with Gasteiger partial charge in [0.2, 0.25) is 0 Å². The zero-order chi connectivity index (χ0) is 29.3. The third-order valence-corrected chi connectivity index (χ3v) is 7.41. The smallest absolute Gasteiger partial charge is 0.338 e. The summed E-state index contributed by atoms with van der Waals surface area (Å²) < 4.78 is 30.1. The Kier molecular flexibility index (Phi) is 9.92. The lowest BCUT2D eigenvalue weighted by Crippen LogP contribution is -2.60. The number of carbonyl (C=O) groups excluding carboxylic acids is 2. The molecule has 5 rings (SSSR count). The van der Waals surface area contributed by atoms with E-state index in [0.29, 0.717) is 17.5 Å². The molecular weight excluding hydrogens is 552 g/mol. The first-order valence-electron chi connectivity index (χ1n) is 13.7. The average Bonchev–Trinajstić information content (AvgIpc) is 3.04. The van der Waals surface area contributed by atoms with Crippen molar-refractivity contribution in [1.82, 2.24) is 0 Å². The number of rotatable bonds is 10. The minimum absolute atomic E-state index is 0.178. The number of methoxy groups -OCH3 is 1. The Morgan fingerprint density at radius 2 is 1.19 bits per heavy atom. The maximum absolute atomic E-state index is 13.4. The molecule has 4 aromatic rings. The van der Waals surface area contributed by atoms with Gasteiger partial charge in [0.15, 0.2) is 12.2 Å². The van der Waals surface area contributed by atoms with Crippen molar-refractivity contribution >= 4 is 24.6 Å². The number of benzene rings is 4. The minimum atomic E-state index is -1.02. The van der Waals surface area contributed by atoms with Gasteiger partial charge in [0.1, 0.15) is 23.4 Å². The van der Waals surface area contributed by atoms with E-state index >= 15 is 0 Å². The maximum atomic E-state index is 13.4. The first-order chi connectivity index (χ1) is 20.5. The molecule has 0 spiro atoms. The van der Waals surface area contributed by atoms with Crippen LogP contribution in [0.15, 0.2) is 115 Å². The van der Waals surface area contributed by atoms with Crippen molar-refractivity contribution in [1.29, 1.82) is 0 Å². The second-order valence-corrected chi connectivity index (χ2v) is 10.4. The van der Waals surface area contributed by atoms with Gasteiger partial charge in [-0.05, 0) is 47.5 Å². The van der Waals surface area contributed by atoms with Crippen LogP contribution in [0.5, 0.6) is 5.75 Å². The van der Waals surface area contributed by atoms with Gasteiger partial charge in [0.05, 0.1) is 24.8 Å². The minimum Gasteiger partial charge on any atom is -0.497 e. The predicted octanol–water partition coefficient (Wildman–Crippen LogP) is 5.93. The zero-order valence-electron chi connectivity index (χ0n) is 23.1. The first kappa shape index (κ1) is 29.4. The fraction of sp³-hybridized carbons (Fsp3) is 0.235. The second kappa shape index (κ2) is 14.2. The van der Waals surface area contributed by atoms with Gasteiger partial charge in [-0.2, -0.15) is 0 Å². The van der Waals surface area contributed by atoms with Crippen LogP contribution in [0.1, 0.15) is 31.8 Å². The molecule has 0 N–H and O–H groups in total. The largest absolute Gasteiger partial charge is 0.497 e. The highest BCUT2D eigenvalue weighted by molar-refractivity contribution is 7.80. The second-order valence-electron chi connectivity index (χ2n) is 9.85. The summed E-state index contributed by atoms with van der Waals surface area (Å²) in [6.45, 7) is 0.178. The maximum Gasteiger partial charge on any atom is 0.338 e. The standard InChI is InChI=1S/C34H32O7S/c1-37-27-19-17-24(18-20-27)22-38-31-30(41-33(36)26-15-9-4-10-16-26)29(40-32(35)25-13-7-3-8-14-25)28(39-34(31)42)21-23-11-5-2-6-12-23/h2-20,28-31,34,42H,21-22H2,1H3/t28-,29-,30-,31-,34+/m1/s1. The average molecular weight is 585 g/mol. The van der Waals surface area contributed by atoms with Crippen molar-refractivity contribution in [3.05, 3.63) is 138 Å². The Bertz CT molecular complexity index is 1430. The molecule has 8 heteroatoms. The molecule has 7 nitrogen and oxygen atoms in total. The van der Waals surface area contributed by atoms with Crippen LogP contribution in [0.4, 0.5) is 0 Å². The van der Waals surface area contributed by atoms with Crippen LogP contribution in [0, 0.1) is 0 Å². The van der Waals surface area contributed by atoms with Crippen LogP contribution in [-0.4, -0.2) is 48.9 Å². The molecule has 0 aliphatic carbocycles. The SMILES string of the molecule is COc1ccc(CO[C@@H]2[C@H](OC(=O)c3ccccc3)[C@H](OC(=O)c3ccccc3)[C@@H](Cc3ccccc3)O[C@H]2S)cc1. The summed E-state index contributed by atoms with van der Waals surface area (Å²) in [5.41, 5.74) is 1.79. The van der Waals surface area contributed by atoms with Gasteiger partial charge in [-0.25, -0.2) is 9.59 Å². The van der Waals surface area contributed by atoms with E-state index in [0.717, 1.165) is 16.9 Å². The summed E-state index contributed by atoms with van der Waals surface area (Å²) in [5.74, 6) is -0.409. The fourth-order valence-electron chi connectivity index (χ4n) is 4.81. The molecule has 1 aliphatic heterocycles. The van der Waals surface area contributed by atoms with Crippen molar-refractivity contribution in [3.8, 4) is 5.75 Å². The van der Waals surface area contributed by atoms with E-state index in [4.69, 9.17) is 36.3 Å². The van der Waals surface area contributed by atoms with E-state index in [1.807, 2.05) is 66.7 Å². The van der Waals surface area contributed by atoms with E-state index in [9.17, 15) is 9.59 Å². The number of hydrogen-bond donors (Lipinski definition) is 1. The van der Waals surface area contributed by atoms with Gasteiger partial charge in [0, 0.05) is 6.42 Å². The lowest BCUT2D eigenvalue weighted by atomic mass is 9.94. The molecule has 1 aliphatic rings. The summed E-state index contributed by atoms with van der Waals surface area (Å²) in [5, 5.41) is 0. The van der Waals surface area contributed by atoms with Gasteiger partial charge in [0.25, 0.3) is 0 Å². The quantitative estimate of drug-likeness (QED) is 0.183. The molecule has 216 valence electrons. The topological polar surface area (TPSA) is 80.3 Å². The molecule has 42 heavy (non-hydrogen) atoms. The van der Waals surface area contributed by atoms with E-state index in [-0.39, 0.29) is 6.61 Å². The Labute approximate surface area is 250 Å². The van der Waals surface area contributed by atoms with E-state index in [2.05, 4.69) is 0 Å². The normalized spacial score (nSPS) is 21.7. The molecule has 1 heterocycles. The van der Waals surface area contributed by atoms with Gasteiger partial charge < -0.3 is 23.7 Å². The van der Waals surface area contributed by atoms with Crippen molar-refractivity contribution < 1.29 is 33.3 Å². The van der Waals surface area contributed by atoms with Crippen LogP contribution in [0.3, 0.4) is 0 Å². The molecule has 0 saturated carbocycles. The van der Waals surface area contributed by atoms with Gasteiger partial charge >= 0.3 is 11.9 Å². The van der Waals surface area contributed by atoms with Crippen LogP contribution >= 0.6 is 12.6 Å². The number of hydrogen-bond acceptors (Lipinski definition) is 8. The van der Waals surface area contributed by atoms with Crippen LogP contribution in [-0.2, 0) is 32.0 Å². The lowest BCUT2D eigenvalue weighted by Gasteiger charge is -2.44. The van der Waals surface area contributed by atoms with E-state index in [1.54, 1.807) is 55.6 Å². The van der Waals surface area contributed by atoms with Crippen LogP contribution in [0.2, 0.25) is 0 Å². The molecular formula is C34H32O7S. The van der Waals surface area contributed by atoms with Gasteiger partial charge in [-0.1, -0.05) is 78.9 Å². The molecule has 0 amide bonds. The molecule has 1 saturated heterocycles. The predicted molar refractivity (Wildman–Crippen MR) is 161 cm³/mol. The number of thiol groups is 1. The summed E-state index contributed by atoms with van der Waals surface area (Å²) >= 11 is 4.73. The molecule has 5 atom stereocenters. The number of carbonyl (C=O) groups is 2. The van der Waals surface area contributed by atoms with E-state index in [1.165, 1.54) is 0 Å². The third kappa shape index (κ3) is 7.39. The molecule has 1 fully saturated rings. The third-order valence-electron chi connectivity index (χ3n) is 7.00. The summed E-state index contributed by atoms with van der Waals surface area (Å²) in [7, 11) is 1.60. The van der Waals surface area contributed by atoms with Crippen molar-refractivity contribution in [2.24, 2.45) is 0 Å². The van der Waals surface area contributed by atoms with Crippen LogP contribution in [0.25, 0.3) is 0 Å². The highest BCUT2D eigenvalue weighted by atomic mass is 32.1. The molecule has 0 bridgehead atoms. The van der Waals surface area contributed by atoms with Crippen molar-refractivity contribution in [3.63, 3.8) is 0 Å². The summed E-state index contributed by atoms with van der Waals surface area (Å²) in [6.07, 6.45) is -3.14. The Morgan fingerprint density at radius 1 is 0.667 bits per heavy atom. The lowest BCUT2D eigenvalue weighted by molar-refractivity contribution is -0.214. The highest BCUT2D eigenvalue weighted by Gasteiger charge is 2.50. The highest BCUT2D eigenvalue weighted by Crippen LogP contribution is 2.33. The molecule has 0 unspecified atom stereocenters. The molecule has 0 radical (unpaired) electrons. The van der Waals surface area contributed by atoms with Crippen molar-refractivity contribution in [2.45, 2.75) is 42.9 Å². The van der Waals surface area contributed by atoms with Crippen LogP contribution < -0.4 is 4.74 Å². The van der Waals surface area contributed by atoms with Gasteiger partial charge in [-0.15, -0.1) is 12.6 Å². The Morgan fingerprint density at radius 3 is 1.74 bits per heavy atom. The number of esters is 2. The Hall–Kier alpha value is -4.11. The molecule has 0 aromatic heterocycles. The van der Waals surface area contributed by atoms with E-state index < -0.39 is 41.8 Å². The fourth-order valence-corrected chi connectivity index (χ4v) is 5.22.